The Morgan fingerprint density at radius 3 is 2.75 bits per heavy atom. The summed E-state index contributed by atoms with van der Waals surface area (Å²) in [7, 11) is 0. The van der Waals surface area contributed by atoms with Crippen LogP contribution in [0.15, 0.2) is 40.3 Å². The predicted octanol–water partition coefficient (Wildman–Crippen LogP) is 5.96. The molecule has 36 heavy (non-hydrogen) atoms. The Kier molecular flexibility index (Phi) is 7.58. The van der Waals surface area contributed by atoms with Crippen molar-refractivity contribution in [2.75, 3.05) is 11.9 Å². The lowest BCUT2D eigenvalue weighted by Gasteiger charge is -2.12. The van der Waals surface area contributed by atoms with Crippen molar-refractivity contribution < 1.29 is 28.6 Å². The van der Waals surface area contributed by atoms with Crippen LogP contribution in [0, 0.1) is 11.3 Å². The zero-order valence-corrected chi connectivity index (χ0v) is 20.8. The van der Waals surface area contributed by atoms with Crippen molar-refractivity contribution in [1.29, 1.82) is 5.26 Å². The van der Waals surface area contributed by atoms with Gasteiger partial charge in [-0.15, -0.1) is 11.3 Å². The van der Waals surface area contributed by atoms with Gasteiger partial charge in [0.2, 0.25) is 0 Å². The van der Waals surface area contributed by atoms with Gasteiger partial charge in [-0.05, 0) is 68.5 Å². The predicted molar refractivity (Wildman–Crippen MR) is 135 cm³/mol. The number of nitriles is 1. The van der Waals surface area contributed by atoms with Crippen molar-refractivity contribution in [2.45, 2.75) is 32.6 Å². The van der Waals surface area contributed by atoms with E-state index in [4.69, 9.17) is 20.8 Å². The number of ether oxygens (including phenoxy) is 1. The number of amides is 1. The molecule has 10 heteroatoms. The van der Waals surface area contributed by atoms with Crippen LogP contribution < -0.4 is 5.32 Å². The van der Waals surface area contributed by atoms with Gasteiger partial charge in [0.15, 0.2) is 0 Å². The van der Waals surface area contributed by atoms with Gasteiger partial charge in [-0.2, -0.15) is 5.26 Å². The minimum atomic E-state index is -1.11. The molecule has 0 atom stereocenters. The number of nitrogens with zero attached hydrogens (tertiary/aromatic N) is 1. The first-order valence-corrected chi connectivity index (χ1v) is 12.4. The molecule has 0 unspecified atom stereocenters. The summed E-state index contributed by atoms with van der Waals surface area (Å²) >= 11 is 7.53. The van der Waals surface area contributed by atoms with E-state index in [1.165, 1.54) is 41.7 Å². The quantitative estimate of drug-likeness (QED) is 0.221. The van der Waals surface area contributed by atoms with Gasteiger partial charge in [0.25, 0.3) is 5.91 Å². The molecule has 2 N–H and O–H groups in total. The number of fused-ring (bicyclic) bond motifs is 1. The third kappa shape index (κ3) is 5.20. The minimum absolute atomic E-state index is 0.0380. The second-order valence-corrected chi connectivity index (χ2v) is 9.47. The first kappa shape index (κ1) is 25.2. The summed E-state index contributed by atoms with van der Waals surface area (Å²) in [4.78, 5) is 37.9. The number of aromatic carboxylic acids is 1. The summed E-state index contributed by atoms with van der Waals surface area (Å²) in [6.45, 7) is 1.93. The van der Waals surface area contributed by atoms with E-state index in [1.807, 2.05) is 6.07 Å². The topological polar surface area (TPSA) is 130 Å². The van der Waals surface area contributed by atoms with Crippen LogP contribution in [0.1, 0.15) is 56.7 Å². The molecule has 0 saturated carbocycles. The molecule has 0 bridgehead atoms. The van der Waals surface area contributed by atoms with E-state index in [0.29, 0.717) is 16.1 Å². The van der Waals surface area contributed by atoms with E-state index >= 15 is 0 Å². The van der Waals surface area contributed by atoms with Crippen molar-refractivity contribution in [3.63, 3.8) is 0 Å². The summed E-state index contributed by atoms with van der Waals surface area (Å²) in [5, 5.41) is 22.2. The number of benzene rings is 1. The highest BCUT2D eigenvalue weighted by Crippen LogP contribution is 2.39. The number of carboxylic acid groups (broad SMARTS) is 1. The van der Waals surface area contributed by atoms with E-state index in [2.05, 4.69) is 5.32 Å². The van der Waals surface area contributed by atoms with E-state index in [1.54, 1.807) is 13.0 Å². The molecular weight excluding hydrogens is 504 g/mol. The lowest BCUT2D eigenvalue weighted by molar-refractivity contribution is -0.112. The van der Waals surface area contributed by atoms with Crippen LogP contribution in [0.5, 0.6) is 0 Å². The number of thiophene rings is 1. The Labute approximate surface area is 215 Å². The van der Waals surface area contributed by atoms with Crippen LogP contribution in [0.3, 0.4) is 0 Å². The number of anilines is 1. The monoisotopic (exact) mass is 524 g/mol. The van der Waals surface area contributed by atoms with Crippen molar-refractivity contribution >= 4 is 51.9 Å². The molecule has 4 rings (SSSR count). The van der Waals surface area contributed by atoms with Crippen LogP contribution in [0.2, 0.25) is 5.02 Å². The third-order valence-electron chi connectivity index (χ3n) is 5.64. The smallest absolute Gasteiger partial charge is 0.341 e. The first-order valence-electron chi connectivity index (χ1n) is 11.2. The SMILES string of the molecule is CCOC(=O)c1c(NC(=O)C(C#N)=Cc2ccc(-c3cc(C(=O)O)ccc3Cl)o2)sc2c1CCCC2. The largest absolute Gasteiger partial charge is 0.478 e. The molecule has 1 aromatic carbocycles. The van der Waals surface area contributed by atoms with Crippen LogP contribution >= 0.6 is 22.9 Å². The number of furan rings is 1. The molecule has 1 aliphatic rings. The maximum absolute atomic E-state index is 13.0. The second kappa shape index (κ2) is 10.8. The normalized spacial score (nSPS) is 13.0. The maximum Gasteiger partial charge on any atom is 0.341 e. The Hall–Kier alpha value is -3.87. The molecule has 2 heterocycles. The average molecular weight is 525 g/mol. The molecule has 8 nitrogen and oxygen atoms in total. The van der Waals surface area contributed by atoms with Crippen LogP contribution in [-0.2, 0) is 22.4 Å². The van der Waals surface area contributed by atoms with Crippen molar-refractivity contribution in [3.8, 4) is 17.4 Å². The summed E-state index contributed by atoms with van der Waals surface area (Å²) in [6, 6.07) is 9.18. The molecule has 184 valence electrons. The first-order chi connectivity index (χ1) is 17.3. The van der Waals surface area contributed by atoms with Gasteiger partial charge < -0.3 is 19.6 Å². The molecule has 1 aliphatic carbocycles. The number of nitrogens with one attached hydrogen (secondary N) is 1. The van der Waals surface area contributed by atoms with Crippen LogP contribution in [0.4, 0.5) is 5.00 Å². The molecule has 0 spiro atoms. The zero-order chi connectivity index (χ0) is 25.8. The van der Waals surface area contributed by atoms with Gasteiger partial charge in [-0.3, -0.25) is 4.79 Å². The molecule has 0 fully saturated rings. The number of rotatable bonds is 7. The van der Waals surface area contributed by atoms with Gasteiger partial charge >= 0.3 is 11.9 Å². The fourth-order valence-corrected chi connectivity index (χ4v) is 5.44. The number of hydrogen-bond donors (Lipinski definition) is 2. The number of esters is 1. The lowest BCUT2D eigenvalue weighted by atomic mass is 9.95. The maximum atomic E-state index is 13.0. The van der Waals surface area contributed by atoms with E-state index < -0.39 is 17.8 Å². The average Bonchev–Trinajstić information content (AvgIpc) is 3.46. The Morgan fingerprint density at radius 2 is 2.03 bits per heavy atom. The number of carbonyl (C=O) groups excluding carboxylic acids is 2. The molecule has 2 aromatic heterocycles. The molecule has 0 radical (unpaired) electrons. The van der Waals surface area contributed by atoms with Crippen LogP contribution in [-0.4, -0.2) is 29.6 Å². The Morgan fingerprint density at radius 1 is 1.25 bits per heavy atom. The fraction of sp³-hybridized carbons (Fsp3) is 0.231. The summed E-state index contributed by atoms with van der Waals surface area (Å²) in [5.41, 5.74) is 1.43. The number of halogens is 1. The van der Waals surface area contributed by atoms with Crippen molar-refractivity contribution in [3.05, 3.63) is 68.3 Å². The number of carbonyl (C=O) groups is 3. The van der Waals surface area contributed by atoms with Gasteiger partial charge in [0, 0.05) is 16.5 Å². The zero-order valence-electron chi connectivity index (χ0n) is 19.2. The Bertz CT molecular complexity index is 1430. The number of carboxylic acids is 1. The second-order valence-electron chi connectivity index (χ2n) is 7.96. The van der Waals surface area contributed by atoms with Gasteiger partial charge in [0.1, 0.15) is 28.2 Å². The fourth-order valence-electron chi connectivity index (χ4n) is 3.96. The molecule has 0 saturated heterocycles. The standard InChI is InChI=1S/C26H21ClN2O6S/c1-2-34-26(33)22-17-5-3-4-6-21(17)36-24(22)29-23(30)15(13-28)11-16-8-10-20(35-16)18-12-14(25(31)32)7-9-19(18)27/h7-12H,2-6H2,1H3,(H,29,30)(H,31,32). The molecule has 0 aliphatic heterocycles. The number of hydrogen-bond acceptors (Lipinski definition) is 7. The van der Waals surface area contributed by atoms with Gasteiger partial charge in [-0.1, -0.05) is 11.6 Å². The van der Waals surface area contributed by atoms with Crippen molar-refractivity contribution in [2.24, 2.45) is 0 Å². The van der Waals surface area contributed by atoms with Crippen molar-refractivity contribution in [1.82, 2.24) is 0 Å². The summed E-state index contributed by atoms with van der Waals surface area (Å²) in [6.07, 6.45) is 4.78. The van der Waals surface area contributed by atoms with E-state index in [9.17, 15) is 24.8 Å². The van der Waals surface area contributed by atoms with Gasteiger partial charge in [0.05, 0.1) is 22.8 Å². The molecule has 3 aromatic rings. The third-order valence-corrected chi connectivity index (χ3v) is 7.17. The van der Waals surface area contributed by atoms with E-state index in [0.717, 1.165) is 36.1 Å². The highest BCUT2D eigenvalue weighted by atomic mass is 35.5. The van der Waals surface area contributed by atoms with E-state index in [-0.39, 0.29) is 34.3 Å². The Balaban J connectivity index is 1.61. The molecule has 1 amide bonds. The highest BCUT2D eigenvalue weighted by molar-refractivity contribution is 7.17. The lowest BCUT2D eigenvalue weighted by Crippen LogP contribution is -2.16. The summed E-state index contributed by atoms with van der Waals surface area (Å²) in [5.74, 6) is -1.82. The van der Waals surface area contributed by atoms with Crippen LogP contribution in [0.25, 0.3) is 17.4 Å². The highest BCUT2D eigenvalue weighted by Gasteiger charge is 2.28. The summed E-state index contributed by atoms with van der Waals surface area (Å²) < 4.78 is 10.9. The molecular formula is C26H21ClN2O6S. The minimum Gasteiger partial charge on any atom is -0.478 e. The number of aryl methyl sites for hydroxylation is 1. The van der Waals surface area contributed by atoms with Gasteiger partial charge in [-0.25, -0.2) is 9.59 Å².